The molecule has 0 radical (unpaired) electrons. The zero-order chi connectivity index (χ0) is 16.0. The highest BCUT2D eigenvalue weighted by Crippen LogP contribution is 2.24. The van der Waals surface area contributed by atoms with E-state index in [4.69, 9.17) is 10.2 Å². The van der Waals surface area contributed by atoms with Crippen LogP contribution in [0.5, 0.6) is 0 Å². The van der Waals surface area contributed by atoms with Crippen molar-refractivity contribution in [3.05, 3.63) is 41.8 Å². The van der Waals surface area contributed by atoms with Crippen LogP contribution in [0.1, 0.15) is 17.1 Å². The minimum atomic E-state index is 0.235. The summed E-state index contributed by atoms with van der Waals surface area (Å²) in [6, 6.07) is 1.93. The van der Waals surface area contributed by atoms with Gasteiger partial charge in [0.1, 0.15) is 12.0 Å². The van der Waals surface area contributed by atoms with Gasteiger partial charge in [0.05, 0.1) is 18.3 Å². The molecule has 116 valence electrons. The molecule has 2 N–H and O–H groups in total. The second-order valence-electron chi connectivity index (χ2n) is 5.20. The molecule has 0 spiro atoms. The Hall–Kier alpha value is -3.23. The summed E-state index contributed by atoms with van der Waals surface area (Å²) in [5.74, 6) is 1.27. The number of aryl methyl sites for hydroxylation is 2. The predicted octanol–water partition coefficient (Wildman–Crippen LogP) is 0.994. The number of nitrogen functional groups attached to an aromatic ring is 1. The van der Waals surface area contributed by atoms with Crippen LogP contribution in [0.4, 0.5) is 5.95 Å². The van der Waals surface area contributed by atoms with Crippen LogP contribution >= 0.6 is 0 Å². The van der Waals surface area contributed by atoms with Gasteiger partial charge in [-0.25, -0.2) is 15.0 Å². The van der Waals surface area contributed by atoms with Crippen LogP contribution in [-0.2, 0) is 13.5 Å². The third-order valence-electron chi connectivity index (χ3n) is 3.53. The van der Waals surface area contributed by atoms with Gasteiger partial charge in [-0.3, -0.25) is 4.68 Å². The molecule has 4 aromatic rings. The first-order valence-electron chi connectivity index (χ1n) is 7.02. The van der Waals surface area contributed by atoms with Crippen LogP contribution in [0.15, 0.2) is 29.1 Å². The van der Waals surface area contributed by atoms with E-state index in [9.17, 15) is 0 Å². The fourth-order valence-corrected chi connectivity index (χ4v) is 2.45. The van der Waals surface area contributed by atoms with Gasteiger partial charge in [0.25, 0.3) is 0 Å². The molecule has 23 heavy (non-hydrogen) atoms. The average Bonchev–Trinajstić information content (AvgIpc) is 3.24. The zero-order valence-corrected chi connectivity index (χ0v) is 12.6. The third-order valence-corrected chi connectivity index (χ3v) is 3.53. The molecule has 4 heterocycles. The highest BCUT2D eigenvalue weighted by atomic mass is 16.3. The largest absolute Gasteiger partial charge is 0.443 e. The Balaban J connectivity index is 1.82. The lowest BCUT2D eigenvalue weighted by atomic mass is 10.2. The number of hydrogen-bond acceptors (Lipinski definition) is 7. The first kappa shape index (κ1) is 13.4. The topological polar surface area (TPSA) is 113 Å². The minimum absolute atomic E-state index is 0.235. The molecule has 0 fully saturated rings. The van der Waals surface area contributed by atoms with Crippen molar-refractivity contribution < 1.29 is 4.42 Å². The van der Waals surface area contributed by atoms with E-state index in [2.05, 4.69) is 25.1 Å². The van der Waals surface area contributed by atoms with E-state index in [1.807, 2.05) is 26.2 Å². The van der Waals surface area contributed by atoms with Crippen molar-refractivity contribution in [2.24, 2.45) is 7.05 Å². The number of fused-ring (bicyclic) bond motifs is 1. The highest BCUT2D eigenvalue weighted by Gasteiger charge is 2.18. The normalized spacial score (nSPS) is 11.4. The summed E-state index contributed by atoms with van der Waals surface area (Å²) < 4.78 is 8.58. The number of nitrogens with two attached hydrogens (primary N) is 1. The molecule has 0 saturated heterocycles. The molecule has 0 atom stereocenters. The second kappa shape index (κ2) is 4.90. The molecule has 0 aliphatic rings. The van der Waals surface area contributed by atoms with E-state index in [0.717, 1.165) is 11.3 Å². The smallest absolute Gasteiger partial charge is 0.245 e. The first-order chi connectivity index (χ1) is 11.1. The van der Waals surface area contributed by atoms with Crippen molar-refractivity contribution in [2.45, 2.75) is 13.3 Å². The summed E-state index contributed by atoms with van der Waals surface area (Å²) in [6.07, 6.45) is 5.46. The number of hydrogen-bond donors (Lipinski definition) is 1. The van der Waals surface area contributed by atoms with Crippen LogP contribution in [-0.4, -0.2) is 34.3 Å². The van der Waals surface area contributed by atoms with Crippen LogP contribution in [0, 0.1) is 6.92 Å². The Morgan fingerprint density at radius 3 is 2.83 bits per heavy atom. The summed E-state index contributed by atoms with van der Waals surface area (Å²) in [4.78, 5) is 13.0. The molecule has 9 heteroatoms. The maximum atomic E-state index is 6.00. The lowest BCUT2D eigenvalue weighted by Gasteiger charge is -2.04. The van der Waals surface area contributed by atoms with Gasteiger partial charge in [-0.05, 0) is 13.0 Å². The van der Waals surface area contributed by atoms with E-state index >= 15 is 0 Å². The lowest BCUT2D eigenvalue weighted by molar-refractivity contribution is 0.571. The van der Waals surface area contributed by atoms with E-state index in [1.54, 1.807) is 10.9 Å². The summed E-state index contributed by atoms with van der Waals surface area (Å²) in [5, 5.41) is 8.75. The first-order valence-corrected chi connectivity index (χ1v) is 7.02. The molecule has 0 aromatic carbocycles. The van der Waals surface area contributed by atoms with Crippen LogP contribution in [0.3, 0.4) is 0 Å². The summed E-state index contributed by atoms with van der Waals surface area (Å²) in [6.45, 7) is 1.89. The molecule has 0 amide bonds. The number of rotatable bonds is 3. The SMILES string of the molecule is Cc1c(-c2ncco2)nc(N)n2nc(Cc3ccn(C)n3)nc12. The monoisotopic (exact) mass is 310 g/mol. The second-order valence-corrected chi connectivity index (χ2v) is 5.20. The highest BCUT2D eigenvalue weighted by molar-refractivity contribution is 5.65. The minimum Gasteiger partial charge on any atom is -0.443 e. The summed E-state index contributed by atoms with van der Waals surface area (Å²) in [7, 11) is 1.87. The van der Waals surface area contributed by atoms with Gasteiger partial charge in [-0.1, -0.05) is 0 Å². The molecule has 0 aliphatic carbocycles. The predicted molar refractivity (Wildman–Crippen MR) is 81.4 cm³/mol. The van der Waals surface area contributed by atoms with Crippen LogP contribution in [0.2, 0.25) is 0 Å². The molecule has 0 bridgehead atoms. The van der Waals surface area contributed by atoms with E-state index < -0.39 is 0 Å². The fraction of sp³-hybridized carbons (Fsp3) is 0.214. The van der Waals surface area contributed by atoms with Crippen molar-refractivity contribution in [1.29, 1.82) is 0 Å². The van der Waals surface area contributed by atoms with Gasteiger partial charge in [-0.15, -0.1) is 5.10 Å². The Bertz CT molecular complexity index is 982. The number of anilines is 1. The van der Waals surface area contributed by atoms with Crippen molar-refractivity contribution in [2.75, 3.05) is 5.73 Å². The Morgan fingerprint density at radius 1 is 1.26 bits per heavy atom. The summed E-state index contributed by atoms with van der Waals surface area (Å²) >= 11 is 0. The van der Waals surface area contributed by atoms with Crippen LogP contribution in [0.25, 0.3) is 17.2 Å². The molecule has 4 aromatic heterocycles. The average molecular weight is 310 g/mol. The third kappa shape index (κ3) is 2.22. The zero-order valence-electron chi connectivity index (χ0n) is 12.6. The number of oxazole rings is 1. The molecule has 4 rings (SSSR count). The summed E-state index contributed by atoms with van der Waals surface area (Å²) in [5.41, 5.74) is 8.90. The molecular formula is C14H14N8O. The maximum absolute atomic E-state index is 6.00. The Kier molecular flexibility index (Phi) is 2.86. The number of aromatic nitrogens is 7. The van der Waals surface area contributed by atoms with Gasteiger partial charge in [-0.2, -0.15) is 9.61 Å². The van der Waals surface area contributed by atoms with Gasteiger partial charge in [0.2, 0.25) is 11.8 Å². The van der Waals surface area contributed by atoms with Gasteiger partial charge >= 0.3 is 0 Å². The molecule has 0 saturated carbocycles. The van der Waals surface area contributed by atoms with Gasteiger partial charge in [0.15, 0.2) is 11.5 Å². The lowest BCUT2D eigenvalue weighted by Crippen LogP contribution is -2.05. The molecular weight excluding hydrogens is 296 g/mol. The molecule has 0 unspecified atom stereocenters. The van der Waals surface area contributed by atoms with Crippen LogP contribution < -0.4 is 5.73 Å². The van der Waals surface area contributed by atoms with Gasteiger partial charge < -0.3 is 10.2 Å². The number of nitrogens with zero attached hydrogens (tertiary/aromatic N) is 7. The molecule has 0 aliphatic heterocycles. The van der Waals surface area contributed by atoms with Crippen molar-refractivity contribution in [3.8, 4) is 11.6 Å². The Labute approximate surface area is 130 Å². The standard InChI is InChI=1S/C14H14N8O/c1-8-11(13-16-4-6-23-13)18-14(15)22-12(8)17-10(20-22)7-9-3-5-21(2)19-9/h3-6H,7H2,1-2H3,(H2,15,18). The maximum Gasteiger partial charge on any atom is 0.245 e. The molecule has 9 nitrogen and oxygen atoms in total. The fourth-order valence-electron chi connectivity index (χ4n) is 2.45. The van der Waals surface area contributed by atoms with Crippen molar-refractivity contribution >= 4 is 11.6 Å². The van der Waals surface area contributed by atoms with E-state index in [1.165, 1.54) is 10.8 Å². The van der Waals surface area contributed by atoms with Crippen molar-refractivity contribution in [3.63, 3.8) is 0 Å². The van der Waals surface area contributed by atoms with E-state index in [0.29, 0.717) is 29.5 Å². The van der Waals surface area contributed by atoms with Gasteiger partial charge in [0, 0.05) is 18.8 Å². The van der Waals surface area contributed by atoms with E-state index in [-0.39, 0.29) is 5.95 Å². The van der Waals surface area contributed by atoms with Crippen molar-refractivity contribution in [1.82, 2.24) is 34.3 Å². The Morgan fingerprint density at radius 2 is 2.13 bits per heavy atom. The quantitative estimate of drug-likeness (QED) is 0.600.